The minimum Gasteiger partial charge on any atom is -0.454 e. The Morgan fingerprint density at radius 3 is 2.91 bits per heavy atom. The molecule has 0 saturated carbocycles. The van der Waals surface area contributed by atoms with Crippen molar-refractivity contribution in [3.63, 3.8) is 0 Å². The third-order valence-electron chi connectivity index (χ3n) is 5.30. The first-order valence-electron chi connectivity index (χ1n) is 10.7. The third kappa shape index (κ3) is 5.12. The van der Waals surface area contributed by atoms with Gasteiger partial charge in [0.1, 0.15) is 10.0 Å². The van der Waals surface area contributed by atoms with E-state index in [1.165, 1.54) is 35.2 Å². The van der Waals surface area contributed by atoms with Gasteiger partial charge in [0, 0.05) is 22.8 Å². The molecule has 0 atom stereocenters. The molecule has 0 bridgehead atoms. The summed E-state index contributed by atoms with van der Waals surface area (Å²) in [6, 6.07) is 8.67. The number of aromatic nitrogens is 2. The minimum atomic E-state index is -0.227. The molecule has 1 aromatic carbocycles. The normalized spacial score (nSPS) is 13.9. The highest BCUT2D eigenvalue weighted by Gasteiger charge is 2.18. The van der Waals surface area contributed by atoms with Crippen molar-refractivity contribution in [2.75, 3.05) is 17.9 Å². The molecule has 1 aliphatic carbocycles. The summed E-state index contributed by atoms with van der Waals surface area (Å²) in [4.78, 5) is 35.6. The van der Waals surface area contributed by atoms with Gasteiger partial charge in [-0.1, -0.05) is 11.8 Å². The zero-order valence-electron chi connectivity index (χ0n) is 17.8. The van der Waals surface area contributed by atoms with Gasteiger partial charge in [-0.15, -0.1) is 11.3 Å². The van der Waals surface area contributed by atoms with Crippen molar-refractivity contribution < 1.29 is 19.1 Å². The maximum atomic E-state index is 12.8. The van der Waals surface area contributed by atoms with E-state index in [4.69, 9.17) is 9.47 Å². The van der Waals surface area contributed by atoms with E-state index in [0.717, 1.165) is 17.8 Å². The number of carbonyl (C=O) groups excluding carboxylic acids is 2. The van der Waals surface area contributed by atoms with Crippen LogP contribution in [0.1, 0.15) is 38.8 Å². The Balaban J connectivity index is 1.17. The zero-order chi connectivity index (χ0) is 22.6. The summed E-state index contributed by atoms with van der Waals surface area (Å²) in [6.07, 6.45) is 6.11. The monoisotopic (exact) mass is 482 g/mol. The number of nitrogens with zero attached hydrogens (tertiary/aromatic N) is 2. The van der Waals surface area contributed by atoms with Gasteiger partial charge >= 0.3 is 0 Å². The van der Waals surface area contributed by atoms with Crippen molar-refractivity contribution in [2.24, 2.45) is 0 Å². The average Bonchev–Trinajstić information content (AvgIpc) is 3.47. The highest BCUT2D eigenvalue weighted by atomic mass is 32.2. The van der Waals surface area contributed by atoms with Gasteiger partial charge < -0.3 is 20.1 Å². The van der Waals surface area contributed by atoms with Crippen LogP contribution in [0.25, 0.3) is 0 Å². The zero-order valence-corrected chi connectivity index (χ0v) is 19.4. The number of benzene rings is 1. The van der Waals surface area contributed by atoms with E-state index in [1.807, 2.05) is 0 Å². The van der Waals surface area contributed by atoms with E-state index >= 15 is 0 Å². The van der Waals surface area contributed by atoms with Crippen LogP contribution in [-0.4, -0.2) is 34.3 Å². The molecular formula is C23H22N4O4S2. The van der Waals surface area contributed by atoms with Gasteiger partial charge in [-0.05, 0) is 49.9 Å². The number of hydrogen-bond donors (Lipinski definition) is 2. The second-order valence-electron chi connectivity index (χ2n) is 7.63. The fraction of sp³-hybridized carbons (Fsp3) is 0.304. The van der Waals surface area contributed by atoms with Crippen LogP contribution in [0.5, 0.6) is 11.5 Å². The summed E-state index contributed by atoms with van der Waals surface area (Å²) in [5, 5.41) is 7.21. The van der Waals surface area contributed by atoms with Crippen molar-refractivity contribution >= 4 is 40.6 Å². The highest BCUT2D eigenvalue weighted by Crippen LogP contribution is 2.34. The molecule has 0 saturated heterocycles. The number of pyridine rings is 1. The molecule has 0 fully saturated rings. The molecule has 170 valence electrons. The molecule has 0 spiro atoms. The molecule has 0 unspecified atom stereocenters. The number of fused-ring (bicyclic) bond motifs is 2. The smallest absolute Gasteiger partial charge is 0.254 e. The number of ether oxygens (including phenoxy) is 2. The number of anilines is 1. The van der Waals surface area contributed by atoms with Crippen molar-refractivity contribution in [3.05, 3.63) is 57.7 Å². The van der Waals surface area contributed by atoms with Gasteiger partial charge in [0.25, 0.3) is 5.91 Å². The van der Waals surface area contributed by atoms with Crippen LogP contribution in [-0.2, 0) is 24.2 Å². The minimum absolute atomic E-state index is 0.116. The number of nitrogens with one attached hydrogen (secondary N) is 2. The summed E-state index contributed by atoms with van der Waals surface area (Å²) in [5.74, 6) is 0.944. The van der Waals surface area contributed by atoms with Crippen LogP contribution in [0.2, 0.25) is 0 Å². The Bertz CT molecular complexity index is 1170. The lowest BCUT2D eigenvalue weighted by Gasteiger charge is -2.09. The first kappa shape index (κ1) is 21.7. The lowest BCUT2D eigenvalue weighted by atomic mass is 10.0. The predicted molar refractivity (Wildman–Crippen MR) is 126 cm³/mol. The second-order valence-corrected chi connectivity index (χ2v) is 9.76. The first-order chi connectivity index (χ1) is 16.2. The van der Waals surface area contributed by atoms with Crippen molar-refractivity contribution in [3.8, 4) is 11.5 Å². The Morgan fingerprint density at radius 2 is 2.00 bits per heavy atom. The van der Waals surface area contributed by atoms with Crippen LogP contribution >= 0.6 is 23.1 Å². The van der Waals surface area contributed by atoms with Crippen molar-refractivity contribution in [2.45, 2.75) is 37.3 Å². The number of carbonyl (C=O) groups is 2. The van der Waals surface area contributed by atoms with Gasteiger partial charge in [-0.25, -0.2) is 9.97 Å². The molecule has 8 nitrogen and oxygen atoms in total. The summed E-state index contributed by atoms with van der Waals surface area (Å²) in [7, 11) is 0. The number of thiazole rings is 1. The summed E-state index contributed by atoms with van der Waals surface area (Å²) in [5.41, 5.74) is 2.25. The van der Waals surface area contributed by atoms with Crippen LogP contribution in [0.15, 0.2) is 41.6 Å². The fourth-order valence-corrected chi connectivity index (χ4v) is 5.60. The summed E-state index contributed by atoms with van der Waals surface area (Å²) in [6.45, 7) is 0.568. The third-order valence-corrected chi connectivity index (χ3v) is 7.46. The van der Waals surface area contributed by atoms with Gasteiger partial charge in [0.2, 0.25) is 12.7 Å². The second kappa shape index (κ2) is 9.80. The maximum absolute atomic E-state index is 12.8. The maximum Gasteiger partial charge on any atom is 0.254 e. The van der Waals surface area contributed by atoms with Crippen LogP contribution < -0.4 is 20.1 Å². The Kier molecular flexibility index (Phi) is 6.45. The van der Waals surface area contributed by atoms with E-state index in [2.05, 4.69) is 20.6 Å². The largest absolute Gasteiger partial charge is 0.454 e. The van der Waals surface area contributed by atoms with Gasteiger partial charge in [0.05, 0.1) is 23.6 Å². The molecule has 33 heavy (non-hydrogen) atoms. The first-order valence-corrected chi connectivity index (χ1v) is 12.5. The number of thioether (sulfide) groups is 1. The molecule has 10 heteroatoms. The Hall–Kier alpha value is -3.11. The Morgan fingerprint density at radius 1 is 1.12 bits per heavy atom. The summed E-state index contributed by atoms with van der Waals surface area (Å²) < 4.78 is 10.6. The van der Waals surface area contributed by atoms with Crippen LogP contribution in [0.3, 0.4) is 0 Å². The molecule has 3 heterocycles. The van der Waals surface area contributed by atoms with E-state index in [0.29, 0.717) is 34.3 Å². The SMILES string of the molecule is O=C(CSc1ncccc1C(=O)NCc1nc2c(s1)CCCC2)Nc1ccc2c(c1)OCO2. The Labute approximate surface area is 199 Å². The van der Waals surface area contributed by atoms with Gasteiger partial charge in [0.15, 0.2) is 11.5 Å². The number of rotatable bonds is 7. The van der Waals surface area contributed by atoms with Crippen LogP contribution in [0.4, 0.5) is 5.69 Å². The summed E-state index contributed by atoms with van der Waals surface area (Å²) >= 11 is 2.90. The standard InChI is InChI=1S/C23H22N4O4S2/c28-20(26-14-7-8-17-18(10-14)31-13-30-17)12-32-23-15(4-3-9-24-23)22(29)25-11-21-27-16-5-1-2-6-19(16)33-21/h3-4,7-10H,1-2,5-6,11-13H2,(H,25,29)(H,26,28). The molecule has 2 aromatic heterocycles. The molecule has 3 aromatic rings. The van der Waals surface area contributed by atoms with Gasteiger partial charge in [-0.3, -0.25) is 9.59 Å². The van der Waals surface area contributed by atoms with Crippen molar-refractivity contribution in [1.82, 2.24) is 15.3 Å². The van der Waals surface area contributed by atoms with Crippen molar-refractivity contribution in [1.29, 1.82) is 0 Å². The molecule has 1 aliphatic heterocycles. The predicted octanol–water partition coefficient (Wildman–Crippen LogP) is 3.81. The molecule has 0 radical (unpaired) electrons. The van der Waals surface area contributed by atoms with Crippen LogP contribution in [0, 0.1) is 0 Å². The lowest BCUT2D eigenvalue weighted by Crippen LogP contribution is -2.24. The van der Waals surface area contributed by atoms with E-state index < -0.39 is 0 Å². The van der Waals surface area contributed by atoms with E-state index in [1.54, 1.807) is 47.9 Å². The number of aryl methyl sites for hydroxylation is 2. The lowest BCUT2D eigenvalue weighted by molar-refractivity contribution is -0.113. The molecule has 5 rings (SSSR count). The number of amides is 2. The fourth-order valence-electron chi connectivity index (χ4n) is 3.72. The number of hydrogen-bond acceptors (Lipinski definition) is 8. The molecule has 2 N–H and O–H groups in total. The molecular weight excluding hydrogens is 460 g/mol. The quantitative estimate of drug-likeness (QED) is 0.494. The molecule has 2 aliphatic rings. The van der Waals surface area contributed by atoms with E-state index in [-0.39, 0.29) is 24.4 Å². The molecule has 2 amide bonds. The average molecular weight is 483 g/mol. The van der Waals surface area contributed by atoms with E-state index in [9.17, 15) is 9.59 Å². The highest BCUT2D eigenvalue weighted by molar-refractivity contribution is 8.00. The topological polar surface area (TPSA) is 102 Å². The van der Waals surface area contributed by atoms with Gasteiger partial charge in [-0.2, -0.15) is 0 Å².